The van der Waals surface area contributed by atoms with Crippen molar-refractivity contribution < 1.29 is 47.8 Å². The molecule has 19 atom stereocenters. The van der Waals surface area contributed by atoms with Crippen LogP contribution in [0.4, 0.5) is 0 Å². The first-order valence-electron chi connectivity index (χ1n) is 20.1. The predicted octanol–water partition coefficient (Wildman–Crippen LogP) is 4.06. The van der Waals surface area contributed by atoms with Crippen molar-refractivity contribution in [3.05, 3.63) is 24.3 Å². The Bertz CT molecular complexity index is 1360. The molecule has 10 aliphatic rings. The number of carbonyl (C=O) groups excluding carboxylic acids is 1. The molecular weight excluding hydrogens is 654 g/mol. The van der Waals surface area contributed by atoms with Crippen molar-refractivity contribution in [3.8, 4) is 0 Å². The Morgan fingerprint density at radius 3 is 2.35 bits per heavy atom. The Morgan fingerprint density at radius 2 is 1.51 bits per heavy atom. The lowest BCUT2D eigenvalue weighted by atomic mass is 9.78. The molecule has 10 fully saturated rings. The highest BCUT2D eigenvalue weighted by molar-refractivity contribution is 5.79. The third-order valence-electron chi connectivity index (χ3n) is 14.2. The van der Waals surface area contributed by atoms with Crippen molar-refractivity contribution in [2.24, 2.45) is 23.5 Å². The molecule has 12 bridgehead atoms. The van der Waals surface area contributed by atoms with E-state index in [-0.39, 0.29) is 110 Å². The van der Waals surface area contributed by atoms with Crippen molar-refractivity contribution in [1.29, 1.82) is 0 Å². The van der Waals surface area contributed by atoms with Crippen LogP contribution in [0, 0.1) is 17.8 Å². The zero-order chi connectivity index (χ0) is 35.2. The minimum atomic E-state index is -0.765. The van der Waals surface area contributed by atoms with Gasteiger partial charge < -0.3 is 48.7 Å². The van der Waals surface area contributed by atoms with Gasteiger partial charge in [-0.1, -0.05) is 27.0 Å². The fourth-order valence-electron chi connectivity index (χ4n) is 11.3. The number of nitrogens with two attached hydrogens (primary N) is 1. The van der Waals surface area contributed by atoms with Crippen LogP contribution in [0.15, 0.2) is 24.3 Å². The molecule has 10 rings (SSSR count). The molecule has 0 aromatic rings. The number of fused-ring (bicyclic) bond motifs is 6. The van der Waals surface area contributed by atoms with Crippen molar-refractivity contribution in [1.82, 2.24) is 0 Å². The van der Waals surface area contributed by atoms with E-state index in [1.165, 1.54) is 0 Å². The molecule has 0 aromatic carbocycles. The van der Waals surface area contributed by atoms with Gasteiger partial charge in [-0.05, 0) is 73.8 Å². The Hall–Kier alpha value is -1.25. The monoisotopic (exact) mass is 713 g/mol. The van der Waals surface area contributed by atoms with Crippen LogP contribution >= 0.6 is 0 Å². The second kappa shape index (κ2) is 13.8. The highest BCUT2D eigenvalue weighted by Crippen LogP contribution is 2.54. The topological polar surface area (TPSA) is 137 Å². The van der Waals surface area contributed by atoms with Gasteiger partial charge in [-0.3, -0.25) is 4.79 Å². The van der Waals surface area contributed by atoms with Crippen LogP contribution in [-0.4, -0.2) is 115 Å². The van der Waals surface area contributed by atoms with Crippen LogP contribution in [0.2, 0.25) is 0 Å². The smallest absolute Gasteiger partial charge is 0.172 e. The van der Waals surface area contributed by atoms with E-state index in [4.69, 9.17) is 43.6 Å². The van der Waals surface area contributed by atoms with Crippen LogP contribution in [0.25, 0.3) is 0 Å². The highest BCUT2D eigenvalue weighted by atomic mass is 16.8. The fourth-order valence-corrected chi connectivity index (χ4v) is 11.3. The highest BCUT2D eigenvalue weighted by Gasteiger charge is 2.68. The number of ether oxygens (including phenoxy) is 8. The molecule has 10 heterocycles. The number of aliphatic hydroxyl groups is 1. The number of rotatable bonds is 3. The summed E-state index contributed by atoms with van der Waals surface area (Å²) in [6, 6.07) is 0. The SMILES string of the molecule is C=C1C[C@@H]2CC[C@@]34C[C@H]5O[C@H]6[C@@H](O3)[C@H]3OC(CC[C@@H]3O[C@H]6C5O4)CC(=O)C[C@@H]3[C@@H](C)[C@@H](CC(O)CN)O[C@H]3CC3O[C@@H](CCC1O2)C[C@@H](C)C3=C. The minimum absolute atomic E-state index is 0.00127. The van der Waals surface area contributed by atoms with Gasteiger partial charge in [0.25, 0.3) is 0 Å². The van der Waals surface area contributed by atoms with E-state index >= 15 is 0 Å². The minimum Gasteiger partial charge on any atom is -0.392 e. The average Bonchev–Trinajstić information content (AvgIpc) is 3.77. The first-order chi connectivity index (χ1) is 24.6. The van der Waals surface area contributed by atoms with E-state index in [0.29, 0.717) is 44.4 Å². The second-order valence-electron chi connectivity index (χ2n) is 17.6. The van der Waals surface area contributed by atoms with Crippen LogP contribution in [-0.2, 0) is 42.7 Å². The predicted molar refractivity (Wildman–Crippen MR) is 185 cm³/mol. The number of hydrogen-bond acceptors (Lipinski definition) is 11. The molecule has 11 nitrogen and oxygen atoms in total. The Morgan fingerprint density at radius 1 is 0.765 bits per heavy atom. The lowest BCUT2D eigenvalue weighted by Crippen LogP contribution is -2.61. The molecule has 5 unspecified atom stereocenters. The normalized spacial score (nSPS) is 53.2. The zero-order valence-electron chi connectivity index (χ0n) is 30.4. The van der Waals surface area contributed by atoms with Gasteiger partial charge >= 0.3 is 0 Å². The van der Waals surface area contributed by atoms with Crippen LogP contribution in [0.1, 0.15) is 97.3 Å². The number of hydrogen-bond donors (Lipinski definition) is 2. The summed E-state index contributed by atoms with van der Waals surface area (Å²) < 4.78 is 54.0. The van der Waals surface area contributed by atoms with Gasteiger partial charge in [0, 0.05) is 45.1 Å². The molecule has 284 valence electrons. The molecule has 0 saturated carbocycles. The van der Waals surface area contributed by atoms with Crippen LogP contribution in [0.3, 0.4) is 0 Å². The van der Waals surface area contributed by atoms with E-state index in [1.807, 2.05) is 0 Å². The molecule has 11 heteroatoms. The molecule has 0 aromatic heterocycles. The number of carbonyl (C=O) groups is 1. The fraction of sp³-hybridized carbons (Fsp3) is 0.875. The summed E-state index contributed by atoms with van der Waals surface area (Å²) in [6.45, 7) is 13.5. The molecular formula is C40H59NO10. The third kappa shape index (κ3) is 6.53. The van der Waals surface area contributed by atoms with Gasteiger partial charge in [0.05, 0.1) is 61.0 Å². The van der Waals surface area contributed by atoms with Gasteiger partial charge in [-0.2, -0.15) is 0 Å². The average molecular weight is 714 g/mol. The van der Waals surface area contributed by atoms with Gasteiger partial charge in [-0.15, -0.1) is 0 Å². The van der Waals surface area contributed by atoms with Gasteiger partial charge in [0.2, 0.25) is 0 Å². The van der Waals surface area contributed by atoms with Crippen molar-refractivity contribution >= 4 is 5.78 Å². The summed E-state index contributed by atoms with van der Waals surface area (Å²) in [5.74, 6) is -0.222. The largest absolute Gasteiger partial charge is 0.392 e. The Labute approximate surface area is 302 Å². The van der Waals surface area contributed by atoms with Crippen molar-refractivity contribution in [2.45, 2.75) is 195 Å². The molecule has 0 amide bonds. The van der Waals surface area contributed by atoms with E-state index in [0.717, 1.165) is 56.1 Å². The molecule has 10 aliphatic heterocycles. The maximum absolute atomic E-state index is 14.0. The molecule has 1 spiro atoms. The molecule has 3 N–H and O–H groups in total. The summed E-state index contributed by atoms with van der Waals surface area (Å²) in [5, 5.41) is 10.5. The summed E-state index contributed by atoms with van der Waals surface area (Å²) in [7, 11) is 0. The summed E-state index contributed by atoms with van der Waals surface area (Å²) in [5.41, 5.74) is 8.06. The number of Topliss-reactive ketones (excluding diaryl/α,β-unsaturated/α-hetero) is 1. The lowest BCUT2D eigenvalue weighted by molar-refractivity contribution is -0.292. The van der Waals surface area contributed by atoms with Crippen LogP contribution < -0.4 is 5.73 Å². The summed E-state index contributed by atoms with van der Waals surface area (Å²) in [4.78, 5) is 14.0. The standard InChI is InChI=1S/C40H59NO10/c1-19-11-25-5-7-29-20(2)12-27(44-29)9-10-40-17-34-36(50-40)37-38(49-34)39(51-40)35-30(48-37)8-6-26(46-35)13-23(42)14-28-22(4)31(15-24(43)18-41)47-33(28)16-32(45-25)21(19)3/h19,22,24-39,43H,2-3,5-18,41H2,1,4H3/t19-,22-,24?,25+,26?,27+,28-,29?,30+,31-,32?,33+,34-,35+,36?,37+,38-,39+,40+/m1/s1. The molecule has 51 heavy (non-hydrogen) atoms. The van der Waals surface area contributed by atoms with E-state index in [2.05, 4.69) is 27.0 Å². The van der Waals surface area contributed by atoms with Crippen molar-refractivity contribution in [3.63, 3.8) is 0 Å². The van der Waals surface area contributed by atoms with Gasteiger partial charge in [0.15, 0.2) is 5.79 Å². The van der Waals surface area contributed by atoms with E-state index in [1.54, 1.807) is 0 Å². The molecule has 10 saturated heterocycles. The zero-order valence-corrected chi connectivity index (χ0v) is 30.4. The Balaban J connectivity index is 0.986. The van der Waals surface area contributed by atoms with Crippen LogP contribution in [0.5, 0.6) is 0 Å². The van der Waals surface area contributed by atoms with E-state index in [9.17, 15) is 9.90 Å². The summed E-state index contributed by atoms with van der Waals surface area (Å²) >= 11 is 0. The van der Waals surface area contributed by atoms with Gasteiger partial charge in [0.1, 0.15) is 36.3 Å². The summed E-state index contributed by atoms with van der Waals surface area (Å²) in [6.07, 6.45) is 6.43. The first-order valence-corrected chi connectivity index (χ1v) is 20.1. The Kier molecular flexibility index (Phi) is 9.59. The molecule has 0 aliphatic carbocycles. The second-order valence-corrected chi connectivity index (χ2v) is 17.6. The van der Waals surface area contributed by atoms with Gasteiger partial charge in [-0.25, -0.2) is 0 Å². The lowest BCUT2D eigenvalue weighted by Gasteiger charge is -2.47. The first kappa shape index (κ1) is 35.5. The third-order valence-corrected chi connectivity index (χ3v) is 14.2. The number of ketones is 1. The maximum atomic E-state index is 14.0. The van der Waals surface area contributed by atoms with Crippen molar-refractivity contribution in [2.75, 3.05) is 6.54 Å². The maximum Gasteiger partial charge on any atom is 0.172 e. The number of aliphatic hydroxyl groups excluding tert-OH is 1. The van der Waals surface area contributed by atoms with E-state index < -0.39 is 11.9 Å². The quantitative estimate of drug-likeness (QED) is 0.410. The molecule has 0 radical (unpaired) electrons.